The van der Waals surface area contributed by atoms with Crippen LogP contribution in [0.15, 0.2) is 41.3 Å². The molecule has 0 spiro atoms. The molecule has 0 radical (unpaired) electrons. The van der Waals surface area contributed by atoms with Gasteiger partial charge in [-0.05, 0) is 18.2 Å². The van der Waals surface area contributed by atoms with Crippen LogP contribution in [0.5, 0.6) is 5.75 Å². The Morgan fingerprint density at radius 2 is 0.930 bits per heavy atom. The molecule has 4 nitrogen and oxygen atoms in total. The Hall–Kier alpha value is -2.43. The maximum atomic E-state index is 13.0. The highest BCUT2D eigenvalue weighted by Crippen LogP contribution is 2.64. The van der Waals surface area contributed by atoms with Gasteiger partial charge in [-0.15, -0.1) is 0 Å². The van der Waals surface area contributed by atoms with E-state index < -0.39 is 57.1 Å². The number of phenols is 1. The molecule has 2 rings (SSSR count). The second-order valence-electron chi connectivity index (χ2n) is 8.36. The molecule has 2 aromatic rings. The summed E-state index contributed by atoms with van der Waals surface area (Å²) in [6.07, 6.45) is -3.51. The van der Waals surface area contributed by atoms with E-state index in [0.717, 1.165) is 5.39 Å². The molecule has 0 atom stereocenters. The normalized spacial score (nSPS) is 15.0. The lowest BCUT2D eigenvalue weighted by molar-refractivity contribution is -0.458. The van der Waals surface area contributed by atoms with E-state index in [0.29, 0.717) is 5.75 Å². The molecule has 0 heterocycles. The van der Waals surface area contributed by atoms with Gasteiger partial charge in [-0.1, -0.05) is 18.2 Å². The van der Waals surface area contributed by atoms with Gasteiger partial charge in [0.15, 0.2) is 15.0 Å². The van der Waals surface area contributed by atoms with E-state index in [1.165, 1.54) is 10.3 Å². The zero-order valence-corrected chi connectivity index (χ0v) is 22.0. The van der Waals surface area contributed by atoms with Gasteiger partial charge in [0.25, 0.3) is 0 Å². The first-order chi connectivity index (χ1) is 18.7. The standard InChI is InChI=1S/C12H12OS.C8HF17O3S/c1-14(2)12-8-7-11(13)9-5-3-4-6-10(9)12;9-1(10,3(13,14)5(17,18)7(21,22)23)2(11,12)4(15,16)6(19,20)8(24,25)29(26,27)28/h3-8H,1-2H3;(H,26,27,28). The summed E-state index contributed by atoms with van der Waals surface area (Å²) in [5.74, 6) is -51.8. The molecule has 0 amide bonds. The molecule has 43 heavy (non-hydrogen) atoms. The average Bonchev–Trinajstić information content (AvgIpc) is 2.82. The highest BCUT2D eigenvalue weighted by molar-refractivity contribution is 7.95. The fourth-order valence-electron chi connectivity index (χ4n) is 2.92. The van der Waals surface area contributed by atoms with E-state index in [1.807, 2.05) is 24.3 Å². The monoisotopic (exact) mass is 704 g/mol. The number of hydrogen-bond donors (Lipinski definition) is 1. The van der Waals surface area contributed by atoms with Gasteiger partial charge >= 0.3 is 47.0 Å². The summed E-state index contributed by atoms with van der Waals surface area (Å²) in [6, 6.07) is 11.8. The number of phenolic OH excluding ortho intramolecular Hbond substituents is 1. The quantitative estimate of drug-likeness (QED) is 0.178. The molecule has 0 saturated heterocycles. The lowest BCUT2D eigenvalue weighted by Gasteiger charge is -2.42. The van der Waals surface area contributed by atoms with Crippen LogP contribution in [0.4, 0.5) is 74.6 Å². The van der Waals surface area contributed by atoms with Crippen molar-refractivity contribution in [3.8, 4) is 5.75 Å². The van der Waals surface area contributed by atoms with E-state index in [1.54, 1.807) is 6.07 Å². The van der Waals surface area contributed by atoms with Gasteiger partial charge in [-0.25, -0.2) is 8.42 Å². The summed E-state index contributed by atoms with van der Waals surface area (Å²) < 4.78 is 244. The predicted octanol–water partition coefficient (Wildman–Crippen LogP) is 7.28. The molecule has 0 unspecified atom stereocenters. The van der Waals surface area contributed by atoms with E-state index in [-0.39, 0.29) is 10.9 Å². The molecule has 0 aliphatic carbocycles. The third-order valence-corrected chi connectivity index (χ3v) is 7.43. The summed E-state index contributed by atoms with van der Waals surface area (Å²) in [4.78, 5) is 1.32. The molecular formula is C20H13F17O4S2. The topological polar surface area (TPSA) is 77.4 Å². The fourth-order valence-corrected chi connectivity index (χ4v) is 4.32. The number of halogens is 17. The fraction of sp³-hybridized carbons (Fsp3) is 0.500. The Labute approximate surface area is 231 Å². The minimum absolute atomic E-state index is 0.227. The van der Waals surface area contributed by atoms with Crippen LogP contribution in [0.25, 0.3) is 10.8 Å². The number of fused-ring (bicyclic) bond motifs is 1. The molecule has 1 N–H and O–H groups in total. The van der Waals surface area contributed by atoms with E-state index in [9.17, 15) is 92.7 Å². The molecule has 0 aromatic heterocycles. The van der Waals surface area contributed by atoms with Crippen LogP contribution in [0, 0.1) is 0 Å². The Bertz CT molecular complexity index is 1420. The van der Waals surface area contributed by atoms with Crippen LogP contribution in [0.2, 0.25) is 0 Å². The Morgan fingerprint density at radius 1 is 0.581 bits per heavy atom. The van der Waals surface area contributed by atoms with Crippen molar-refractivity contribution in [2.24, 2.45) is 0 Å². The van der Waals surface area contributed by atoms with Crippen LogP contribution in [-0.2, 0) is 21.0 Å². The first kappa shape index (κ1) is 38.6. The largest absolute Gasteiger partial charge is 0.743 e. The van der Waals surface area contributed by atoms with Crippen molar-refractivity contribution in [1.82, 2.24) is 0 Å². The molecular weight excluding hydrogens is 691 g/mol. The van der Waals surface area contributed by atoms with Crippen molar-refractivity contribution in [2.45, 2.75) is 51.9 Å². The Morgan fingerprint density at radius 3 is 1.28 bits per heavy atom. The van der Waals surface area contributed by atoms with Gasteiger partial charge < -0.3 is 9.66 Å². The Kier molecular flexibility index (Phi) is 10.0. The number of rotatable bonds is 8. The molecule has 23 heteroatoms. The molecule has 248 valence electrons. The van der Waals surface area contributed by atoms with E-state index in [4.69, 9.17) is 0 Å². The van der Waals surface area contributed by atoms with Crippen molar-refractivity contribution in [3.05, 3.63) is 36.4 Å². The zero-order chi connectivity index (χ0) is 34.6. The van der Waals surface area contributed by atoms with Crippen molar-refractivity contribution in [3.63, 3.8) is 0 Å². The van der Waals surface area contributed by atoms with Gasteiger partial charge in [0.05, 0.1) is 0 Å². The highest BCUT2D eigenvalue weighted by Gasteiger charge is 2.95. The minimum atomic E-state index is -8.92. The van der Waals surface area contributed by atoms with E-state index >= 15 is 0 Å². The maximum Gasteiger partial charge on any atom is 0.460 e. The predicted molar refractivity (Wildman–Crippen MR) is 113 cm³/mol. The highest BCUT2D eigenvalue weighted by atomic mass is 32.2. The molecule has 0 fully saturated rings. The van der Waals surface area contributed by atoms with Gasteiger partial charge in [-0.2, -0.15) is 74.6 Å². The van der Waals surface area contributed by atoms with Crippen LogP contribution in [0.3, 0.4) is 0 Å². The summed E-state index contributed by atoms with van der Waals surface area (Å²) in [7, 11) is -7.92. The van der Waals surface area contributed by atoms with Gasteiger partial charge in [0, 0.05) is 21.7 Å². The van der Waals surface area contributed by atoms with Crippen LogP contribution in [0.1, 0.15) is 0 Å². The van der Waals surface area contributed by atoms with Crippen molar-refractivity contribution in [2.75, 3.05) is 12.5 Å². The van der Waals surface area contributed by atoms with Gasteiger partial charge in [0.2, 0.25) is 0 Å². The number of hydrogen-bond acceptors (Lipinski definition) is 4. The van der Waals surface area contributed by atoms with Gasteiger partial charge in [-0.3, -0.25) is 0 Å². The van der Waals surface area contributed by atoms with Crippen molar-refractivity contribution in [1.29, 1.82) is 0 Å². The van der Waals surface area contributed by atoms with Gasteiger partial charge in [0.1, 0.15) is 18.3 Å². The second-order valence-corrected chi connectivity index (χ2v) is 11.9. The third-order valence-electron chi connectivity index (χ3n) is 5.31. The smallest absolute Gasteiger partial charge is 0.460 e. The summed E-state index contributed by atoms with van der Waals surface area (Å²) >= 11 is 0. The lowest BCUT2D eigenvalue weighted by Crippen LogP contribution is -2.75. The molecule has 0 aliphatic rings. The zero-order valence-electron chi connectivity index (χ0n) is 20.4. The van der Waals surface area contributed by atoms with Crippen LogP contribution < -0.4 is 0 Å². The Balaban J connectivity index is 0.000000541. The SMILES string of the molecule is C[S+](C)c1ccc(O)c2ccccc12.O=S(=O)([O-])C(F)(F)C(F)(F)C(F)(F)C(F)(F)C(F)(F)C(F)(F)C(F)(F)C(F)(F)F. The molecule has 2 aromatic carbocycles. The molecule has 0 aliphatic heterocycles. The lowest BCUT2D eigenvalue weighted by atomic mass is 9.91. The van der Waals surface area contributed by atoms with Crippen LogP contribution >= 0.6 is 0 Å². The molecule has 0 saturated carbocycles. The summed E-state index contributed by atoms with van der Waals surface area (Å²) in [6.45, 7) is 0. The minimum Gasteiger partial charge on any atom is -0.743 e. The first-order valence-electron chi connectivity index (χ1n) is 10.1. The summed E-state index contributed by atoms with van der Waals surface area (Å²) in [5, 5.41) is 3.84. The average molecular weight is 704 g/mol. The van der Waals surface area contributed by atoms with Crippen molar-refractivity contribution < 1.29 is 92.7 Å². The van der Waals surface area contributed by atoms with Crippen LogP contribution in [-0.4, -0.2) is 77.6 Å². The molecule has 0 bridgehead atoms. The summed E-state index contributed by atoms with van der Waals surface area (Å²) in [5.41, 5.74) is 0. The number of alkyl halides is 17. The maximum absolute atomic E-state index is 13.0. The number of aromatic hydroxyl groups is 1. The second kappa shape index (κ2) is 11.2. The van der Waals surface area contributed by atoms with E-state index in [2.05, 4.69) is 18.6 Å². The van der Waals surface area contributed by atoms with Crippen molar-refractivity contribution >= 4 is 31.8 Å². The number of benzene rings is 2. The third kappa shape index (κ3) is 5.87. The first-order valence-corrected chi connectivity index (χ1v) is 13.6.